The van der Waals surface area contributed by atoms with Crippen molar-refractivity contribution in [3.05, 3.63) is 75.8 Å². The second kappa shape index (κ2) is 6.87. The Bertz CT molecular complexity index is 1090. The number of hydrogen-bond donors (Lipinski definition) is 1. The summed E-state index contributed by atoms with van der Waals surface area (Å²) in [6, 6.07) is 9.44. The summed E-state index contributed by atoms with van der Waals surface area (Å²) >= 11 is 0. The topological polar surface area (TPSA) is 78.0 Å². The summed E-state index contributed by atoms with van der Waals surface area (Å²) in [4.78, 5) is 28.7. The van der Waals surface area contributed by atoms with E-state index in [0.29, 0.717) is 10.9 Å². The highest BCUT2D eigenvalue weighted by molar-refractivity contribution is 5.82. The van der Waals surface area contributed by atoms with E-state index in [1.807, 2.05) is 0 Å². The lowest BCUT2D eigenvalue weighted by atomic mass is 10.1. The van der Waals surface area contributed by atoms with Crippen molar-refractivity contribution in [2.45, 2.75) is 13.0 Å². The Kier molecular flexibility index (Phi) is 4.62. The first kappa shape index (κ1) is 17.5. The van der Waals surface area contributed by atoms with Gasteiger partial charge in [-0.1, -0.05) is 24.3 Å². The van der Waals surface area contributed by atoms with Crippen LogP contribution in [0.15, 0.2) is 47.3 Å². The number of nitrogens with zero attached hydrogens (tertiary/aromatic N) is 2. The summed E-state index contributed by atoms with van der Waals surface area (Å²) in [6.07, 6.45) is 2.64. The van der Waals surface area contributed by atoms with Crippen LogP contribution in [0.25, 0.3) is 23.1 Å². The molecular formula is C19H15F2N3O2. The summed E-state index contributed by atoms with van der Waals surface area (Å²) in [7, 11) is 0. The Labute approximate surface area is 147 Å². The van der Waals surface area contributed by atoms with Crippen molar-refractivity contribution >= 4 is 29.0 Å². The molecule has 3 aromatic rings. The lowest BCUT2D eigenvalue weighted by Gasteiger charge is -2.15. The van der Waals surface area contributed by atoms with E-state index >= 15 is 0 Å². The Morgan fingerprint density at radius 3 is 2.62 bits per heavy atom. The quantitative estimate of drug-likeness (QED) is 0.782. The van der Waals surface area contributed by atoms with E-state index in [1.165, 1.54) is 31.2 Å². The number of carbonyl (C=O) groups excluding carboxylic acids is 1. The first-order valence-electron chi connectivity index (χ1n) is 7.83. The van der Waals surface area contributed by atoms with Crippen LogP contribution in [0, 0.1) is 11.6 Å². The Hall–Kier alpha value is -3.35. The third-order valence-corrected chi connectivity index (χ3v) is 4.03. The maximum atomic E-state index is 13.8. The van der Waals surface area contributed by atoms with Crippen LogP contribution in [0.3, 0.4) is 0 Å². The number of rotatable bonds is 4. The van der Waals surface area contributed by atoms with E-state index in [4.69, 9.17) is 5.73 Å². The minimum Gasteiger partial charge on any atom is -0.368 e. The molecule has 2 N–H and O–H groups in total. The number of halogens is 2. The van der Waals surface area contributed by atoms with Gasteiger partial charge in [0.05, 0.1) is 10.9 Å². The molecule has 3 rings (SSSR count). The molecule has 1 unspecified atom stereocenters. The molecule has 132 valence electrons. The third-order valence-electron chi connectivity index (χ3n) is 4.03. The average molecular weight is 355 g/mol. The van der Waals surface area contributed by atoms with Crippen molar-refractivity contribution in [1.29, 1.82) is 0 Å². The van der Waals surface area contributed by atoms with E-state index in [-0.39, 0.29) is 11.4 Å². The van der Waals surface area contributed by atoms with Gasteiger partial charge >= 0.3 is 0 Å². The molecule has 5 nitrogen and oxygen atoms in total. The Morgan fingerprint density at radius 1 is 1.15 bits per heavy atom. The number of fused-ring (bicyclic) bond motifs is 1. The van der Waals surface area contributed by atoms with Gasteiger partial charge in [0, 0.05) is 5.56 Å². The van der Waals surface area contributed by atoms with Gasteiger partial charge in [-0.15, -0.1) is 0 Å². The second-order valence-corrected chi connectivity index (χ2v) is 5.72. The van der Waals surface area contributed by atoms with Gasteiger partial charge in [0.2, 0.25) is 5.91 Å². The van der Waals surface area contributed by atoms with E-state index in [9.17, 15) is 18.4 Å². The van der Waals surface area contributed by atoms with E-state index in [1.54, 1.807) is 24.3 Å². The monoisotopic (exact) mass is 355 g/mol. The van der Waals surface area contributed by atoms with Gasteiger partial charge < -0.3 is 5.73 Å². The molecule has 1 heterocycles. The molecule has 0 aliphatic carbocycles. The van der Waals surface area contributed by atoms with Crippen LogP contribution in [0.2, 0.25) is 0 Å². The standard InChI is InChI=1S/C19H15F2N3O2/c1-11(18(22)25)24-16(10-9-12-5-4-7-14(20)17(12)21)23-15-8-3-2-6-13(15)19(24)26/h2-11H,1H3,(H2,22,25)/b10-9+. The zero-order chi connectivity index (χ0) is 18.8. The van der Waals surface area contributed by atoms with Crippen LogP contribution in [-0.4, -0.2) is 15.5 Å². The predicted molar refractivity (Wildman–Crippen MR) is 95.2 cm³/mol. The maximum absolute atomic E-state index is 13.8. The Morgan fingerprint density at radius 2 is 1.88 bits per heavy atom. The molecule has 0 aliphatic rings. The summed E-state index contributed by atoms with van der Waals surface area (Å²) in [5, 5.41) is 0.328. The molecule has 0 aliphatic heterocycles. The van der Waals surface area contributed by atoms with Gasteiger partial charge in [-0.05, 0) is 37.3 Å². The lowest BCUT2D eigenvalue weighted by molar-refractivity contribution is -0.120. The number of nitrogens with two attached hydrogens (primary N) is 1. The van der Waals surface area contributed by atoms with Gasteiger partial charge in [0.15, 0.2) is 11.6 Å². The molecule has 0 fully saturated rings. The summed E-state index contributed by atoms with van der Waals surface area (Å²) in [5.41, 5.74) is 5.31. The normalized spacial score (nSPS) is 12.6. The highest BCUT2D eigenvalue weighted by atomic mass is 19.2. The molecule has 0 bridgehead atoms. The lowest BCUT2D eigenvalue weighted by Crippen LogP contribution is -2.34. The van der Waals surface area contributed by atoms with Gasteiger partial charge in [0.25, 0.3) is 5.56 Å². The third kappa shape index (κ3) is 3.11. The molecule has 1 aromatic heterocycles. The minimum atomic E-state index is -1.01. The van der Waals surface area contributed by atoms with Crippen LogP contribution in [0.1, 0.15) is 24.4 Å². The smallest absolute Gasteiger partial charge is 0.262 e. The zero-order valence-electron chi connectivity index (χ0n) is 13.8. The molecule has 26 heavy (non-hydrogen) atoms. The molecule has 0 radical (unpaired) electrons. The molecule has 0 saturated heterocycles. The van der Waals surface area contributed by atoms with Crippen LogP contribution < -0.4 is 11.3 Å². The fourth-order valence-electron chi connectivity index (χ4n) is 2.60. The molecule has 0 saturated carbocycles. The van der Waals surface area contributed by atoms with E-state index < -0.39 is 29.1 Å². The number of primary amides is 1. The van der Waals surface area contributed by atoms with Gasteiger partial charge in [-0.25, -0.2) is 13.8 Å². The SMILES string of the molecule is CC(C(N)=O)n1c(/C=C/c2cccc(F)c2F)nc2ccccc2c1=O. The first-order chi connectivity index (χ1) is 12.4. The molecule has 2 aromatic carbocycles. The van der Waals surface area contributed by atoms with Crippen LogP contribution in [-0.2, 0) is 4.79 Å². The molecule has 0 spiro atoms. The van der Waals surface area contributed by atoms with Crippen molar-refractivity contribution in [2.75, 3.05) is 0 Å². The summed E-state index contributed by atoms with van der Waals surface area (Å²) in [6.45, 7) is 1.47. The van der Waals surface area contributed by atoms with Crippen LogP contribution >= 0.6 is 0 Å². The van der Waals surface area contributed by atoms with Gasteiger partial charge in [0.1, 0.15) is 11.9 Å². The van der Waals surface area contributed by atoms with Crippen molar-refractivity contribution in [1.82, 2.24) is 9.55 Å². The predicted octanol–water partition coefficient (Wildman–Crippen LogP) is 2.89. The molecular weight excluding hydrogens is 340 g/mol. The number of amides is 1. The molecule has 7 heteroatoms. The van der Waals surface area contributed by atoms with Gasteiger partial charge in [-0.2, -0.15) is 0 Å². The highest BCUT2D eigenvalue weighted by Gasteiger charge is 2.18. The fourth-order valence-corrected chi connectivity index (χ4v) is 2.60. The van der Waals surface area contributed by atoms with E-state index in [0.717, 1.165) is 10.6 Å². The highest BCUT2D eigenvalue weighted by Crippen LogP contribution is 2.17. The van der Waals surface area contributed by atoms with Crippen molar-refractivity contribution in [3.63, 3.8) is 0 Å². The van der Waals surface area contributed by atoms with Crippen LogP contribution in [0.4, 0.5) is 8.78 Å². The fraction of sp³-hybridized carbons (Fsp3) is 0.105. The number of benzene rings is 2. The number of hydrogen-bond acceptors (Lipinski definition) is 3. The second-order valence-electron chi connectivity index (χ2n) is 5.72. The van der Waals surface area contributed by atoms with Crippen molar-refractivity contribution < 1.29 is 13.6 Å². The minimum absolute atomic E-state index is 0.00862. The van der Waals surface area contributed by atoms with Gasteiger partial charge in [-0.3, -0.25) is 14.2 Å². The largest absolute Gasteiger partial charge is 0.368 e. The number of para-hydroxylation sites is 1. The van der Waals surface area contributed by atoms with E-state index in [2.05, 4.69) is 4.98 Å². The number of carbonyl (C=O) groups is 1. The molecule has 1 amide bonds. The van der Waals surface area contributed by atoms with Crippen molar-refractivity contribution in [3.8, 4) is 0 Å². The average Bonchev–Trinajstić information content (AvgIpc) is 2.62. The summed E-state index contributed by atoms with van der Waals surface area (Å²) in [5.74, 6) is -2.60. The summed E-state index contributed by atoms with van der Waals surface area (Å²) < 4.78 is 28.3. The molecule has 1 atom stereocenters. The van der Waals surface area contributed by atoms with Crippen LogP contribution in [0.5, 0.6) is 0 Å². The first-order valence-corrected chi connectivity index (χ1v) is 7.83. The number of aromatic nitrogens is 2. The maximum Gasteiger partial charge on any atom is 0.262 e. The Balaban J connectivity index is 2.22. The zero-order valence-corrected chi connectivity index (χ0v) is 13.8. The van der Waals surface area contributed by atoms with Crippen molar-refractivity contribution in [2.24, 2.45) is 5.73 Å².